The van der Waals surface area contributed by atoms with E-state index in [1.165, 1.54) is 17.8 Å². The van der Waals surface area contributed by atoms with Gasteiger partial charge in [-0.05, 0) is 6.92 Å². The Hall–Kier alpha value is -1.20. The predicted octanol–water partition coefficient (Wildman–Crippen LogP) is 2.17. The Labute approximate surface area is 79.9 Å². The number of anilines is 1. The molecule has 1 aromatic heterocycles. The predicted molar refractivity (Wildman–Crippen MR) is 47.0 cm³/mol. The van der Waals surface area contributed by atoms with Gasteiger partial charge in [0.2, 0.25) is 0 Å². The van der Waals surface area contributed by atoms with Crippen molar-refractivity contribution in [2.24, 2.45) is 7.05 Å². The van der Waals surface area contributed by atoms with E-state index in [0.717, 1.165) is 0 Å². The topological polar surface area (TPSA) is 29.9 Å². The second-order valence-electron chi connectivity index (χ2n) is 3.27. The van der Waals surface area contributed by atoms with Crippen LogP contribution in [0.5, 0.6) is 0 Å². The lowest BCUT2D eigenvalue weighted by Gasteiger charge is -2.15. The molecule has 1 aromatic rings. The Morgan fingerprint density at radius 1 is 1.57 bits per heavy atom. The molecule has 1 rings (SSSR count). The lowest BCUT2D eigenvalue weighted by Crippen LogP contribution is -2.23. The Kier molecular flexibility index (Phi) is 3.03. The van der Waals surface area contributed by atoms with Crippen LogP contribution in [0, 0.1) is 0 Å². The zero-order valence-electron chi connectivity index (χ0n) is 7.97. The van der Waals surface area contributed by atoms with Gasteiger partial charge in [-0.2, -0.15) is 18.3 Å². The second-order valence-corrected chi connectivity index (χ2v) is 3.27. The molecule has 6 heteroatoms. The highest BCUT2D eigenvalue weighted by atomic mass is 19.4. The Morgan fingerprint density at radius 3 is 2.64 bits per heavy atom. The van der Waals surface area contributed by atoms with Crippen LogP contribution < -0.4 is 5.32 Å². The largest absolute Gasteiger partial charge is 0.391 e. The Bertz CT molecular complexity index is 292. The number of nitrogens with zero attached hydrogens (tertiary/aromatic N) is 2. The van der Waals surface area contributed by atoms with Crippen LogP contribution in [0.2, 0.25) is 0 Å². The van der Waals surface area contributed by atoms with Gasteiger partial charge in [-0.3, -0.25) is 4.68 Å². The van der Waals surface area contributed by atoms with E-state index in [1.54, 1.807) is 13.2 Å². The molecular weight excluding hydrogens is 195 g/mol. The molecular formula is C8H12F3N3. The van der Waals surface area contributed by atoms with Crippen molar-refractivity contribution in [2.75, 3.05) is 5.32 Å². The first kappa shape index (κ1) is 10.9. The van der Waals surface area contributed by atoms with E-state index in [9.17, 15) is 13.2 Å². The van der Waals surface area contributed by atoms with E-state index in [1.807, 2.05) is 0 Å². The van der Waals surface area contributed by atoms with Crippen LogP contribution in [0.3, 0.4) is 0 Å². The summed E-state index contributed by atoms with van der Waals surface area (Å²) in [6, 6.07) is -0.640. The number of nitrogens with one attached hydrogen (secondary N) is 1. The summed E-state index contributed by atoms with van der Waals surface area (Å²) in [5, 5.41) is 6.55. The van der Waals surface area contributed by atoms with Crippen LogP contribution in [0.25, 0.3) is 0 Å². The number of aryl methyl sites for hydroxylation is 1. The molecule has 0 aliphatic rings. The zero-order chi connectivity index (χ0) is 10.8. The van der Waals surface area contributed by atoms with Crippen molar-refractivity contribution >= 4 is 5.69 Å². The molecule has 0 aliphatic carbocycles. The summed E-state index contributed by atoms with van der Waals surface area (Å²) in [7, 11) is 1.71. The second kappa shape index (κ2) is 3.89. The Balaban J connectivity index is 2.45. The zero-order valence-corrected chi connectivity index (χ0v) is 7.97. The molecule has 0 radical (unpaired) electrons. The van der Waals surface area contributed by atoms with Gasteiger partial charge in [0.05, 0.1) is 18.3 Å². The van der Waals surface area contributed by atoms with Gasteiger partial charge in [-0.15, -0.1) is 0 Å². The van der Waals surface area contributed by atoms with Crippen molar-refractivity contribution in [1.29, 1.82) is 0 Å². The van der Waals surface area contributed by atoms with Crippen LogP contribution in [0.1, 0.15) is 13.3 Å². The number of rotatable bonds is 3. The van der Waals surface area contributed by atoms with Gasteiger partial charge in [0.1, 0.15) is 0 Å². The first-order valence-corrected chi connectivity index (χ1v) is 4.19. The fourth-order valence-electron chi connectivity index (χ4n) is 1.18. The first-order valence-electron chi connectivity index (χ1n) is 4.19. The average Bonchev–Trinajstić information content (AvgIpc) is 2.30. The van der Waals surface area contributed by atoms with Crippen LogP contribution in [-0.2, 0) is 7.05 Å². The van der Waals surface area contributed by atoms with Crippen molar-refractivity contribution < 1.29 is 13.2 Å². The smallest absolute Gasteiger partial charge is 0.380 e. The molecule has 0 saturated heterocycles. The van der Waals surface area contributed by atoms with Crippen molar-refractivity contribution in [3.05, 3.63) is 12.4 Å². The molecule has 0 saturated carbocycles. The number of hydrogen-bond acceptors (Lipinski definition) is 2. The maximum Gasteiger partial charge on any atom is 0.391 e. The lowest BCUT2D eigenvalue weighted by molar-refractivity contribution is -0.136. The summed E-state index contributed by atoms with van der Waals surface area (Å²) in [5.74, 6) is 0. The van der Waals surface area contributed by atoms with Crippen molar-refractivity contribution in [1.82, 2.24) is 9.78 Å². The van der Waals surface area contributed by atoms with Gasteiger partial charge in [0.25, 0.3) is 0 Å². The van der Waals surface area contributed by atoms with Crippen LogP contribution in [-0.4, -0.2) is 22.0 Å². The van der Waals surface area contributed by atoms with Crippen molar-refractivity contribution in [3.8, 4) is 0 Å². The molecule has 0 aromatic carbocycles. The van der Waals surface area contributed by atoms with E-state index in [0.29, 0.717) is 5.69 Å². The molecule has 0 spiro atoms. The van der Waals surface area contributed by atoms with Gasteiger partial charge in [0, 0.05) is 19.3 Å². The molecule has 1 N–H and O–H groups in total. The summed E-state index contributed by atoms with van der Waals surface area (Å²) in [5.41, 5.74) is 0.601. The van der Waals surface area contributed by atoms with Gasteiger partial charge < -0.3 is 5.32 Å². The molecule has 3 nitrogen and oxygen atoms in total. The molecule has 0 unspecified atom stereocenters. The van der Waals surface area contributed by atoms with Gasteiger partial charge >= 0.3 is 6.18 Å². The lowest BCUT2D eigenvalue weighted by atomic mass is 10.2. The molecule has 80 valence electrons. The number of aromatic nitrogens is 2. The fraction of sp³-hybridized carbons (Fsp3) is 0.625. The Morgan fingerprint density at radius 2 is 2.21 bits per heavy atom. The van der Waals surface area contributed by atoms with Gasteiger partial charge in [-0.25, -0.2) is 0 Å². The van der Waals surface area contributed by atoms with Gasteiger partial charge in [-0.1, -0.05) is 0 Å². The number of hydrogen-bond donors (Lipinski definition) is 1. The average molecular weight is 207 g/mol. The minimum absolute atomic E-state index is 0.601. The molecule has 1 atom stereocenters. The van der Waals surface area contributed by atoms with E-state index in [2.05, 4.69) is 10.4 Å². The van der Waals surface area contributed by atoms with Crippen LogP contribution in [0.15, 0.2) is 12.4 Å². The molecule has 0 fully saturated rings. The van der Waals surface area contributed by atoms with E-state index in [-0.39, 0.29) is 0 Å². The quantitative estimate of drug-likeness (QED) is 0.823. The molecule has 1 heterocycles. The monoisotopic (exact) mass is 207 g/mol. The summed E-state index contributed by atoms with van der Waals surface area (Å²) >= 11 is 0. The summed E-state index contributed by atoms with van der Waals surface area (Å²) in [4.78, 5) is 0. The minimum atomic E-state index is -4.13. The highest BCUT2D eigenvalue weighted by Gasteiger charge is 2.29. The molecule has 0 amide bonds. The standard InChI is InChI=1S/C8H12F3N3/c1-6(3-8(9,10)11)13-7-4-12-14(2)5-7/h4-6,13H,3H2,1-2H3/t6-/m1/s1. The highest BCUT2D eigenvalue weighted by Crippen LogP contribution is 2.22. The van der Waals surface area contributed by atoms with E-state index >= 15 is 0 Å². The number of alkyl halides is 3. The van der Waals surface area contributed by atoms with Gasteiger partial charge in [0.15, 0.2) is 0 Å². The summed E-state index contributed by atoms with van der Waals surface area (Å²) in [6.45, 7) is 1.49. The highest BCUT2D eigenvalue weighted by molar-refractivity contribution is 5.38. The maximum atomic E-state index is 12.0. The fourth-order valence-corrected chi connectivity index (χ4v) is 1.18. The number of halogens is 3. The van der Waals surface area contributed by atoms with Crippen LogP contribution in [0.4, 0.5) is 18.9 Å². The third kappa shape index (κ3) is 3.68. The third-order valence-corrected chi connectivity index (χ3v) is 1.66. The molecule has 0 bridgehead atoms. The minimum Gasteiger partial charge on any atom is -0.380 e. The van der Waals surface area contributed by atoms with E-state index < -0.39 is 18.6 Å². The normalized spacial score (nSPS) is 14.1. The molecule has 0 aliphatic heterocycles. The van der Waals surface area contributed by atoms with Crippen LogP contribution >= 0.6 is 0 Å². The maximum absolute atomic E-state index is 12.0. The third-order valence-electron chi connectivity index (χ3n) is 1.66. The summed E-state index contributed by atoms with van der Waals surface area (Å²) < 4.78 is 37.4. The van der Waals surface area contributed by atoms with E-state index in [4.69, 9.17) is 0 Å². The van der Waals surface area contributed by atoms with Crippen molar-refractivity contribution in [3.63, 3.8) is 0 Å². The summed E-state index contributed by atoms with van der Waals surface area (Å²) in [6.07, 6.45) is -1.85. The first-order chi connectivity index (χ1) is 6.37. The SMILES string of the molecule is C[C@H](CC(F)(F)F)Nc1cnn(C)c1. The molecule has 14 heavy (non-hydrogen) atoms. The van der Waals surface area contributed by atoms with Crippen molar-refractivity contribution in [2.45, 2.75) is 25.6 Å².